The lowest BCUT2D eigenvalue weighted by Gasteiger charge is -2.08. The summed E-state index contributed by atoms with van der Waals surface area (Å²) in [7, 11) is 0. The van der Waals surface area contributed by atoms with Crippen LogP contribution >= 0.6 is 11.3 Å². The average Bonchev–Trinajstić information content (AvgIpc) is 2.71. The Kier molecular flexibility index (Phi) is 2.93. The Balaban J connectivity index is 1.78. The van der Waals surface area contributed by atoms with Crippen LogP contribution in [-0.4, -0.2) is 24.1 Å². The summed E-state index contributed by atoms with van der Waals surface area (Å²) in [5.74, 6) is 0. The van der Waals surface area contributed by atoms with E-state index in [-0.39, 0.29) is 0 Å². The van der Waals surface area contributed by atoms with Gasteiger partial charge >= 0.3 is 0 Å². The lowest BCUT2D eigenvalue weighted by molar-refractivity contribution is 0.546. The molecule has 13 heavy (non-hydrogen) atoms. The molecule has 72 valence electrons. The molecule has 1 unspecified atom stereocenters. The van der Waals surface area contributed by atoms with E-state index in [2.05, 4.69) is 22.5 Å². The number of thiazole rings is 1. The van der Waals surface area contributed by atoms with Crippen molar-refractivity contribution in [3.63, 3.8) is 0 Å². The fraction of sp³-hybridized carbons (Fsp3) is 0.667. The van der Waals surface area contributed by atoms with Gasteiger partial charge in [-0.3, -0.25) is 0 Å². The summed E-state index contributed by atoms with van der Waals surface area (Å²) >= 11 is 1.78. The Labute approximate surface area is 82.6 Å². The Hall–Kier alpha value is -0.450. The first-order valence-corrected chi connectivity index (χ1v) is 5.51. The fourth-order valence-corrected chi connectivity index (χ4v) is 2.28. The molecule has 1 fully saturated rings. The van der Waals surface area contributed by atoms with Gasteiger partial charge in [-0.2, -0.15) is 0 Å². The highest BCUT2D eigenvalue weighted by Crippen LogP contribution is 2.11. The fourth-order valence-electron chi connectivity index (χ4n) is 1.54. The molecule has 4 heteroatoms. The molecule has 0 bridgehead atoms. The SMILES string of the molecule is Cc1cnc(CNC2CCNC2)s1. The molecule has 1 saturated heterocycles. The van der Waals surface area contributed by atoms with Crippen LogP contribution < -0.4 is 10.6 Å². The maximum atomic E-state index is 4.31. The molecule has 0 aliphatic carbocycles. The Morgan fingerprint density at radius 2 is 2.69 bits per heavy atom. The van der Waals surface area contributed by atoms with Gasteiger partial charge in [-0.25, -0.2) is 4.98 Å². The van der Waals surface area contributed by atoms with E-state index in [1.165, 1.54) is 16.3 Å². The van der Waals surface area contributed by atoms with Crippen molar-refractivity contribution in [2.24, 2.45) is 0 Å². The minimum absolute atomic E-state index is 0.643. The minimum atomic E-state index is 0.643. The van der Waals surface area contributed by atoms with E-state index in [4.69, 9.17) is 0 Å². The van der Waals surface area contributed by atoms with Gasteiger partial charge in [-0.1, -0.05) is 0 Å². The van der Waals surface area contributed by atoms with E-state index >= 15 is 0 Å². The zero-order valence-electron chi connectivity index (χ0n) is 7.84. The highest BCUT2D eigenvalue weighted by Gasteiger charge is 2.13. The monoisotopic (exact) mass is 197 g/mol. The molecule has 1 atom stereocenters. The van der Waals surface area contributed by atoms with Gasteiger partial charge in [-0.05, 0) is 19.9 Å². The zero-order valence-corrected chi connectivity index (χ0v) is 8.66. The first kappa shape index (κ1) is 9.12. The molecule has 0 saturated carbocycles. The maximum Gasteiger partial charge on any atom is 0.107 e. The molecule has 3 nitrogen and oxygen atoms in total. The van der Waals surface area contributed by atoms with Crippen LogP contribution in [0.1, 0.15) is 16.3 Å². The van der Waals surface area contributed by atoms with Crippen molar-refractivity contribution in [1.82, 2.24) is 15.6 Å². The summed E-state index contributed by atoms with van der Waals surface area (Å²) < 4.78 is 0. The van der Waals surface area contributed by atoms with Gasteiger partial charge in [0.1, 0.15) is 5.01 Å². The van der Waals surface area contributed by atoms with Crippen LogP contribution in [0.3, 0.4) is 0 Å². The van der Waals surface area contributed by atoms with Gasteiger partial charge in [-0.15, -0.1) is 11.3 Å². The van der Waals surface area contributed by atoms with Crippen molar-refractivity contribution >= 4 is 11.3 Å². The van der Waals surface area contributed by atoms with Crippen LogP contribution in [-0.2, 0) is 6.54 Å². The van der Waals surface area contributed by atoms with Crippen molar-refractivity contribution < 1.29 is 0 Å². The van der Waals surface area contributed by atoms with Gasteiger partial charge in [0, 0.05) is 30.2 Å². The molecular formula is C9H15N3S. The normalized spacial score (nSPS) is 22.4. The smallest absolute Gasteiger partial charge is 0.107 e. The molecule has 1 aliphatic rings. The second-order valence-corrected chi connectivity index (χ2v) is 4.75. The van der Waals surface area contributed by atoms with E-state index < -0.39 is 0 Å². The number of hydrogen-bond donors (Lipinski definition) is 2. The van der Waals surface area contributed by atoms with Crippen molar-refractivity contribution in [1.29, 1.82) is 0 Å². The number of rotatable bonds is 3. The van der Waals surface area contributed by atoms with Gasteiger partial charge < -0.3 is 10.6 Å². The summed E-state index contributed by atoms with van der Waals surface area (Å²) in [6, 6.07) is 0.643. The quantitative estimate of drug-likeness (QED) is 0.756. The molecule has 0 spiro atoms. The Morgan fingerprint density at radius 3 is 3.31 bits per heavy atom. The highest BCUT2D eigenvalue weighted by atomic mass is 32.1. The second kappa shape index (κ2) is 4.17. The van der Waals surface area contributed by atoms with E-state index in [0.717, 1.165) is 19.6 Å². The third-order valence-electron chi connectivity index (χ3n) is 2.27. The van der Waals surface area contributed by atoms with Crippen LogP contribution in [0.5, 0.6) is 0 Å². The van der Waals surface area contributed by atoms with Crippen LogP contribution in [0, 0.1) is 6.92 Å². The van der Waals surface area contributed by atoms with Crippen LogP contribution in [0.4, 0.5) is 0 Å². The summed E-state index contributed by atoms with van der Waals surface area (Å²) in [5.41, 5.74) is 0. The third-order valence-corrected chi connectivity index (χ3v) is 3.18. The standard InChI is InChI=1S/C9H15N3S/c1-7-4-12-9(13-7)6-11-8-2-3-10-5-8/h4,8,10-11H,2-3,5-6H2,1H3. The van der Waals surface area contributed by atoms with Crippen molar-refractivity contribution in [2.75, 3.05) is 13.1 Å². The molecule has 0 aromatic carbocycles. The first-order valence-electron chi connectivity index (χ1n) is 4.70. The number of aromatic nitrogens is 1. The largest absolute Gasteiger partial charge is 0.315 e. The first-order chi connectivity index (χ1) is 6.34. The van der Waals surface area contributed by atoms with Crippen LogP contribution in [0.2, 0.25) is 0 Å². The predicted molar refractivity (Wildman–Crippen MR) is 55.0 cm³/mol. The van der Waals surface area contributed by atoms with Crippen molar-refractivity contribution in [3.05, 3.63) is 16.1 Å². The van der Waals surface area contributed by atoms with Crippen LogP contribution in [0.15, 0.2) is 6.20 Å². The second-order valence-electron chi connectivity index (χ2n) is 3.44. The average molecular weight is 197 g/mol. The number of nitrogens with one attached hydrogen (secondary N) is 2. The predicted octanol–water partition coefficient (Wildman–Crippen LogP) is 0.903. The third kappa shape index (κ3) is 2.49. The zero-order chi connectivity index (χ0) is 9.10. The summed E-state index contributed by atoms with van der Waals surface area (Å²) in [4.78, 5) is 5.61. The number of aryl methyl sites for hydroxylation is 1. The van der Waals surface area contributed by atoms with E-state index in [1.54, 1.807) is 11.3 Å². The van der Waals surface area contributed by atoms with E-state index in [0.29, 0.717) is 6.04 Å². The van der Waals surface area contributed by atoms with Gasteiger partial charge in [0.25, 0.3) is 0 Å². The summed E-state index contributed by atoms with van der Waals surface area (Å²) in [6.07, 6.45) is 3.18. The molecule has 2 N–H and O–H groups in total. The van der Waals surface area contributed by atoms with Gasteiger partial charge in [0.15, 0.2) is 0 Å². The molecular weight excluding hydrogens is 182 g/mol. The summed E-state index contributed by atoms with van der Waals surface area (Å²) in [5, 5.41) is 8.03. The number of nitrogens with zero attached hydrogens (tertiary/aromatic N) is 1. The molecule has 1 aromatic rings. The van der Waals surface area contributed by atoms with Crippen molar-refractivity contribution in [2.45, 2.75) is 25.9 Å². The van der Waals surface area contributed by atoms with Gasteiger partial charge in [0.2, 0.25) is 0 Å². The summed E-state index contributed by atoms with van der Waals surface area (Å²) in [6.45, 7) is 5.27. The molecule has 0 amide bonds. The topological polar surface area (TPSA) is 37.0 Å². The molecule has 2 rings (SSSR count). The van der Waals surface area contributed by atoms with Crippen molar-refractivity contribution in [3.8, 4) is 0 Å². The molecule has 0 radical (unpaired) electrons. The highest BCUT2D eigenvalue weighted by molar-refractivity contribution is 7.11. The Morgan fingerprint density at radius 1 is 1.77 bits per heavy atom. The number of hydrogen-bond acceptors (Lipinski definition) is 4. The minimum Gasteiger partial charge on any atom is -0.315 e. The molecule has 2 heterocycles. The van der Waals surface area contributed by atoms with E-state index in [9.17, 15) is 0 Å². The molecule has 1 aliphatic heterocycles. The lowest BCUT2D eigenvalue weighted by atomic mass is 10.3. The molecule has 1 aromatic heterocycles. The van der Waals surface area contributed by atoms with E-state index in [1.807, 2.05) is 6.20 Å². The van der Waals surface area contributed by atoms with Gasteiger partial charge in [0.05, 0.1) is 0 Å². The Bertz CT molecular complexity index is 266. The lowest BCUT2D eigenvalue weighted by Crippen LogP contribution is -2.30. The maximum absolute atomic E-state index is 4.31. The van der Waals surface area contributed by atoms with Crippen LogP contribution in [0.25, 0.3) is 0 Å².